The fourth-order valence-electron chi connectivity index (χ4n) is 2.13. The van der Waals surface area contributed by atoms with Gasteiger partial charge in [0.2, 0.25) is 0 Å². The molecule has 0 aliphatic rings. The lowest BCUT2D eigenvalue weighted by Crippen LogP contribution is -2.18. The van der Waals surface area contributed by atoms with Crippen LogP contribution in [0.2, 0.25) is 0 Å². The van der Waals surface area contributed by atoms with Gasteiger partial charge >= 0.3 is 0 Å². The number of nitrogens with zero attached hydrogens (tertiary/aromatic N) is 1. The van der Waals surface area contributed by atoms with Gasteiger partial charge in [-0.25, -0.2) is 0 Å². The van der Waals surface area contributed by atoms with Gasteiger partial charge in [0.25, 0.3) is 0 Å². The molecule has 0 unspecified atom stereocenters. The normalized spacial score (nSPS) is 10.6. The van der Waals surface area contributed by atoms with Gasteiger partial charge < -0.3 is 10.0 Å². The Morgan fingerprint density at radius 2 is 1.67 bits per heavy atom. The molecule has 0 spiro atoms. The zero-order chi connectivity index (χ0) is 13.2. The Morgan fingerprint density at radius 1 is 1.00 bits per heavy atom. The Balaban J connectivity index is 2.30. The van der Waals surface area contributed by atoms with Crippen molar-refractivity contribution in [3.05, 3.63) is 29.8 Å². The van der Waals surface area contributed by atoms with Gasteiger partial charge in [0.15, 0.2) is 0 Å². The summed E-state index contributed by atoms with van der Waals surface area (Å²) in [7, 11) is 2.15. The number of anilines is 1. The minimum atomic E-state index is 0.229. The second-order valence-electron chi connectivity index (χ2n) is 4.98. The Hall–Kier alpha value is -1.02. The van der Waals surface area contributed by atoms with Gasteiger partial charge in [0.1, 0.15) is 0 Å². The van der Waals surface area contributed by atoms with Crippen LogP contribution in [-0.2, 0) is 6.42 Å². The second kappa shape index (κ2) is 8.98. The van der Waals surface area contributed by atoms with Crippen LogP contribution in [-0.4, -0.2) is 25.3 Å². The van der Waals surface area contributed by atoms with Crippen molar-refractivity contribution in [1.29, 1.82) is 0 Å². The van der Waals surface area contributed by atoms with Crippen LogP contribution in [0.3, 0.4) is 0 Å². The van der Waals surface area contributed by atoms with E-state index >= 15 is 0 Å². The lowest BCUT2D eigenvalue weighted by Gasteiger charge is -2.19. The third kappa shape index (κ3) is 5.54. The molecule has 0 heterocycles. The molecule has 0 aliphatic heterocycles. The van der Waals surface area contributed by atoms with E-state index < -0.39 is 0 Å². The predicted octanol–water partition coefficient (Wildman–Crippen LogP) is 3.63. The van der Waals surface area contributed by atoms with Crippen LogP contribution in [0.1, 0.15) is 44.6 Å². The predicted molar refractivity (Wildman–Crippen MR) is 79.3 cm³/mol. The van der Waals surface area contributed by atoms with E-state index in [4.69, 9.17) is 5.11 Å². The molecule has 0 aromatic heterocycles. The molecular weight excluding hydrogens is 222 g/mol. The van der Waals surface area contributed by atoms with Crippen molar-refractivity contribution in [1.82, 2.24) is 0 Å². The molecule has 2 heteroatoms. The zero-order valence-corrected chi connectivity index (χ0v) is 11.9. The standard InChI is InChI=1S/C16H27NO/c1-3-4-5-6-7-13-17(2)16-10-8-15(9-11-16)12-14-18/h8-11,18H,3-7,12-14H2,1-2H3. The second-order valence-corrected chi connectivity index (χ2v) is 4.98. The molecule has 0 fully saturated rings. The van der Waals surface area contributed by atoms with Crippen LogP contribution in [0.15, 0.2) is 24.3 Å². The summed E-state index contributed by atoms with van der Waals surface area (Å²) in [6.07, 6.45) is 7.39. The Labute approximate surface area is 112 Å². The van der Waals surface area contributed by atoms with E-state index in [9.17, 15) is 0 Å². The first-order chi connectivity index (χ1) is 8.77. The summed E-state index contributed by atoms with van der Waals surface area (Å²) >= 11 is 0. The molecule has 0 bridgehead atoms. The first-order valence-electron chi connectivity index (χ1n) is 7.19. The summed E-state index contributed by atoms with van der Waals surface area (Å²) in [5.41, 5.74) is 2.48. The summed E-state index contributed by atoms with van der Waals surface area (Å²) in [5.74, 6) is 0. The van der Waals surface area contributed by atoms with Gasteiger partial charge in [-0.1, -0.05) is 44.7 Å². The van der Waals surface area contributed by atoms with Crippen LogP contribution in [0.4, 0.5) is 5.69 Å². The quantitative estimate of drug-likeness (QED) is 0.676. The summed E-state index contributed by atoms with van der Waals surface area (Å²) in [6.45, 7) is 3.61. The molecule has 0 saturated carbocycles. The molecule has 102 valence electrons. The van der Waals surface area contributed by atoms with Crippen LogP contribution in [0.5, 0.6) is 0 Å². The maximum absolute atomic E-state index is 8.87. The average Bonchev–Trinajstić information content (AvgIpc) is 2.39. The van der Waals surface area contributed by atoms with E-state index in [1.807, 2.05) is 0 Å². The van der Waals surface area contributed by atoms with Crippen molar-refractivity contribution in [2.75, 3.05) is 25.1 Å². The molecule has 2 nitrogen and oxygen atoms in total. The van der Waals surface area contributed by atoms with Crippen molar-refractivity contribution in [2.45, 2.75) is 45.4 Å². The summed E-state index contributed by atoms with van der Waals surface area (Å²) < 4.78 is 0. The maximum atomic E-state index is 8.87. The number of aliphatic hydroxyl groups excluding tert-OH is 1. The van der Waals surface area contributed by atoms with E-state index in [0.717, 1.165) is 13.0 Å². The molecule has 1 aromatic rings. The van der Waals surface area contributed by atoms with Crippen molar-refractivity contribution in [3.63, 3.8) is 0 Å². The third-order valence-electron chi connectivity index (χ3n) is 3.37. The van der Waals surface area contributed by atoms with E-state index in [0.29, 0.717) is 0 Å². The van der Waals surface area contributed by atoms with E-state index in [1.54, 1.807) is 0 Å². The van der Waals surface area contributed by atoms with Crippen LogP contribution < -0.4 is 4.90 Å². The largest absolute Gasteiger partial charge is 0.396 e. The minimum absolute atomic E-state index is 0.229. The number of unbranched alkanes of at least 4 members (excludes halogenated alkanes) is 4. The van der Waals surface area contributed by atoms with Crippen molar-refractivity contribution >= 4 is 5.69 Å². The molecule has 0 radical (unpaired) electrons. The van der Waals surface area contributed by atoms with Gasteiger partial charge in [0, 0.05) is 25.9 Å². The van der Waals surface area contributed by atoms with Gasteiger partial charge in [-0.05, 0) is 30.5 Å². The maximum Gasteiger partial charge on any atom is 0.0471 e. The zero-order valence-electron chi connectivity index (χ0n) is 11.9. The molecule has 1 rings (SSSR count). The highest BCUT2D eigenvalue weighted by Crippen LogP contribution is 2.15. The Morgan fingerprint density at radius 3 is 2.28 bits per heavy atom. The fourth-order valence-corrected chi connectivity index (χ4v) is 2.13. The van der Waals surface area contributed by atoms with Crippen LogP contribution >= 0.6 is 0 Å². The molecule has 0 amide bonds. The van der Waals surface area contributed by atoms with E-state index in [-0.39, 0.29) is 6.61 Å². The van der Waals surface area contributed by atoms with Crippen LogP contribution in [0.25, 0.3) is 0 Å². The highest BCUT2D eigenvalue weighted by Gasteiger charge is 2.00. The fraction of sp³-hybridized carbons (Fsp3) is 0.625. The molecule has 0 saturated heterocycles. The average molecular weight is 249 g/mol. The van der Waals surface area contributed by atoms with Crippen molar-refractivity contribution < 1.29 is 5.11 Å². The summed E-state index contributed by atoms with van der Waals surface area (Å²) in [5, 5.41) is 8.87. The van der Waals surface area contributed by atoms with Gasteiger partial charge in [0.05, 0.1) is 0 Å². The number of rotatable bonds is 9. The first kappa shape index (κ1) is 15.0. The first-order valence-corrected chi connectivity index (χ1v) is 7.19. The third-order valence-corrected chi connectivity index (χ3v) is 3.37. The lowest BCUT2D eigenvalue weighted by molar-refractivity contribution is 0.299. The van der Waals surface area contributed by atoms with E-state index in [2.05, 4.69) is 43.1 Å². The molecule has 1 aromatic carbocycles. The molecule has 1 N–H and O–H groups in total. The Kier molecular flexibility index (Phi) is 7.51. The van der Waals surface area contributed by atoms with Gasteiger partial charge in [-0.15, -0.1) is 0 Å². The molecule has 0 aliphatic carbocycles. The minimum Gasteiger partial charge on any atom is -0.396 e. The molecular formula is C16H27NO. The van der Waals surface area contributed by atoms with Crippen molar-refractivity contribution in [3.8, 4) is 0 Å². The topological polar surface area (TPSA) is 23.5 Å². The number of hydrogen-bond acceptors (Lipinski definition) is 2. The van der Waals surface area contributed by atoms with Gasteiger partial charge in [-0.3, -0.25) is 0 Å². The number of benzene rings is 1. The smallest absolute Gasteiger partial charge is 0.0471 e. The molecule has 0 atom stereocenters. The monoisotopic (exact) mass is 249 g/mol. The molecule has 18 heavy (non-hydrogen) atoms. The lowest BCUT2D eigenvalue weighted by atomic mass is 10.1. The highest BCUT2D eigenvalue weighted by molar-refractivity contribution is 5.46. The highest BCUT2D eigenvalue weighted by atomic mass is 16.2. The SMILES string of the molecule is CCCCCCCN(C)c1ccc(CCO)cc1. The Bertz CT molecular complexity index is 307. The van der Waals surface area contributed by atoms with E-state index in [1.165, 1.54) is 43.4 Å². The van der Waals surface area contributed by atoms with Crippen molar-refractivity contribution in [2.24, 2.45) is 0 Å². The number of aliphatic hydroxyl groups is 1. The summed E-state index contributed by atoms with van der Waals surface area (Å²) in [4.78, 5) is 2.31. The summed E-state index contributed by atoms with van der Waals surface area (Å²) in [6, 6.07) is 8.52. The van der Waals surface area contributed by atoms with Crippen LogP contribution in [0, 0.1) is 0 Å². The van der Waals surface area contributed by atoms with Gasteiger partial charge in [-0.2, -0.15) is 0 Å². The number of hydrogen-bond donors (Lipinski definition) is 1.